The van der Waals surface area contributed by atoms with Crippen LogP contribution >= 0.6 is 0 Å². The van der Waals surface area contributed by atoms with Gasteiger partial charge in [-0.25, -0.2) is 13.1 Å². The Kier molecular flexibility index (Phi) is 4.96. The molecule has 1 amide bonds. The Bertz CT molecular complexity index is 1200. The molecule has 2 aromatic carbocycles. The molecule has 152 valence electrons. The number of carbonyl (C=O) groups excluding carboxylic acids is 1. The minimum Gasteiger partial charge on any atom is -0.361 e. The Morgan fingerprint density at radius 3 is 2.83 bits per heavy atom. The molecule has 0 saturated carbocycles. The van der Waals surface area contributed by atoms with Crippen LogP contribution in [0.4, 0.5) is 5.69 Å². The molecular formula is C22H25N3O3S. The Balaban J connectivity index is 1.52. The van der Waals surface area contributed by atoms with Gasteiger partial charge in [-0.15, -0.1) is 0 Å². The fraction of sp³-hybridized carbons (Fsp3) is 0.318. The van der Waals surface area contributed by atoms with Crippen LogP contribution in [0.1, 0.15) is 30.5 Å². The summed E-state index contributed by atoms with van der Waals surface area (Å²) in [4.78, 5) is 16.9. The zero-order valence-corrected chi connectivity index (χ0v) is 17.6. The molecule has 4 rings (SSSR count). The van der Waals surface area contributed by atoms with Crippen LogP contribution in [0.5, 0.6) is 0 Å². The molecule has 2 N–H and O–H groups in total. The third kappa shape index (κ3) is 3.68. The van der Waals surface area contributed by atoms with E-state index < -0.39 is 10.0 Å². The maximum absolute atomic E-state index is 12.9. The number of aromatic amines is 1. The lowest BCUT2D eigenvalue weighted by Gasteiger charge is -2.16. The second kappa shape index (κ2) is 7.31. The van der Waals surface area contributed by atoms with Gasteiger partial charge in [-0.05, 0) is 61.6 Å². The predicted molar refractivity (Wildman–Crippen MR) is 115 cm³/mol. The standard InChI is InChI=1S/C22H25N3O3S/c1-14-5-4-6-20-18(13-23-22(14)20)11-15(2)24-29(27,28)19-7-8-21-17(12-19)9-10-25(21)16(3)26/h4-8,12-13,15,23-24H,9-11H2,1-3H3/t15-/m1/s1. The summed E-state index contributed by atoms with van der Waals surface area (Å²) in [5, 5.41) is 1.12. The van der Waals surface area contributed by atoms with Crippen molar-refractivity contribution >= 4 is 32.5 Å². The van der Waals surface area contributed by atoms with E-state index in [1.807, 2.05) is 19.2 Å². The number of carbonyl (C=O) groups is 1. The summed E-state index contributed by atoms with van der Waals surface area (Å²) in [6, 6.07) is 10.8. The third-order valence-electron chi connectivity index (χ3n) is 5.53. The van der Waals surface area contributed by atoms with E-state index >= 15 is 0 Å². The number of nitrogens with one attached hydrogen (secondary N) is 2. The van der Waals surface area contributed by atoms with Gasteiger partial charge in [-0.1, -0.05) is 18.2 Å². The first-order chi connectivity index (χ1) is 13.8. The maximum atomic E-state index is 12.9. The molecule has 0 fully saturated rings. The van der Waals surface area contributed by atoms with Crippen LogP contribution in [0.25, 0.3) is 10.9 Å². The first kappa shape index (κ1) is 19.7. The van der Waals surface area contributed by atoms with Crippen LogP contribution in [-0.2, 0) is 27.7 Å². The fourth-order valence-electron chi connectivity index (χ4n) is 4.11. The van der Waals surface area contributed by atoms with E-state index in [9.17, 15) is 13.2 Å². The largest absolute Gasteiger partial charge is 0.361 e. The van der Waals surface area contributed by atoms with Crippen LogP contribution < -0.4 is 9.62 Å². The summed E-state index contributed by atoms with van der Waals surface area (Å²) in [5.74, 6) is -0.0277. The molecule has 29 heavy (non-hydrogen) atoms. The number of hydrogen-bond acceptors (Lipinski definition) is 3. The van der Waals surface area contributed by atoms with Gasteiger partial charge in [0.2, 0.25) is 15.9 Å². The topological polar surface area (TPSA) is 82.3 Å². The molecule has 1 aromatic heterocycles. The highest BCUT2D eigenvalue weighted by Crippen LogP contribution is 2.30. The van der Waals surface area contributed by atoms with Gasteiger partial charge in [0.05, 0.1) is 4.90 Å². The number of amides is 1. The third-order valence-corrected chi connectivity index (χ3v) is 7.12. The molecule has 0 radical (unpaired) electrons. The maximum Gasteiger partial charge on any atom is 0.240 e. The number of hydrogen-bond donors (Lipinski definition) is 2. The quantitative estimate of drug-likeness (QED) is 0.676. The number of sulfonamides is 1. The highest BCUT2D eigenvalue weighted by atomic mass is 32.2. The molecule has 7 heteroatoms. The molecular weight excluding hydrogens is 386 g/mol. The zero-order valence-electron chi connectivity index (χ0n) is 16.8. The second-order valence-corrected chi connectivity index (χ2v) is 9.46. The van der Waals surface area contributed by atoms with E-state index in [-0.39, 0.29) is 16.8 Å². The summed E-state index contributed by atoms with van der Waals surface area (Å²) in [6.45, 7) is 6.04. The number of benzene rings is 2. The lowest BCUT2D eigenvalue weighted by Crippen LogP contribution is -2.34. The van der Waals surface area contributed by atoms with E-state index in [0.29, 0.717) is 19.4 Å². The number of fused-ring (bicyclic) bond motifs is 2. The number of aryl methyl sites for hydroxylation is 1. The van der Waals surface area contributed by atoms with E-state index in [4.69, 9.17) is 0 Å². The lowest BCUT2D eigenvalue weighted by atomic mass is 10.1. The predicted octanol–water partition coefficient (Wildman–Crippen LogP) is 3.29. The zero-order chi connectivity index (χ0) is 20.8. The Morgan fingerprint density at radius 1 is 1.28 bits per heavy atom. The number of anilines is 1. The molecule has 0 aliphatic carbocycles. The Labute approximate surface area is 171 Å². The molecule has 0 spiro atoms. The highest BCUT2D eigenvalue weighted by Gasteiger charge is 2.25. The minimum atomic E-state index is -3.65. The van der Waals surface area contributed by atoms with Crippen molar-refractivity contribution in [2.75, 3.05) is 11.4 Å². The molecule has 2 heterocycles. The van der Waals surface area contributed by atoms with Crippen molar-refractivity contribution in [3.63, 3.8) is 0 Å². The van der Waals surface area contributed by atoms with Crippen molar-refractivity contribution in [1.82, 2.24) is 9.71 Å². The molecule has 0 bridgehead atoms. The Morgan fingerprint density at radius 2 is 2.07 bits per heavy atom. The van der Waals surface area contributed by atoms with E-state index in [2.05, 4.69) is 28.8 Å². The van der Waals surface area contributed by atoms with E-state index in [1.54, 1.807) is 23.1 Å². The van der Waals surface area contributed by atoms with Crippen LogP contribution in [-0.4, -0.2) is 31.9 Å². The molecule has 1 aliphatic heterocycles. The van der Waals surface area contributed by atoms with Crippen molar-refractivity contribution in [3.05, 3.63) is 59.3 Å². The van der Waals surface area contributed by atoms with Crippen molar-refractivity contribution < 1.29 is 13.2 Å². The first-order valence-electron chi connectivity index (χ1n) is 9.75. The molecule has 6 nitrogen and oxygen atoms in total. The van der Waals surface area contributed by atoms with Gasteiger partial charge in [0.1, 0.15) is 0 Å². The van der Waals surface area contributed by atoms with E-state index in [1.165, 1.54) is 12.5 Å². The van der Waals surface area contributed by atoms with Gasteiger partial charge in [0, 0.05) is 42.3 Å². The number of aromatic nitrogens is 1. The summed E-state index contributed by atoms with van der Waals surface area (Å²) < 4.78 is 28.6. The van der Waals surface area contributed by atoms with E-state index in [0.717, 1.165) is 27.7 Å². The molecule has 1 aliphatic rings. The van der Waals surface area contributed by atoms with Gasteiger partial charge in [-0.3, -0.25) is 4.79 Å². The van der Waals surface area contributed by atoms with Crippen LogP contribution in [0.2, 0.25) is 0 Å². The van der Waals surface area contributed by atoms with Gasteiger partial charge >= 0.3 is 0 Å². The monoisotopic (exact) mass is 411 g/mol. The Hall–Kier alpha value is -2.64. The molecule has 0 unspecified atom stereocenters. The van der Waals surface area contributed by atoms with Crippen LogP contribution in [0.3, 0.4) is 0 Å². The van der Waals surface area contributed by atoms with Crippen molar-refractivity contribution in [2.45, 2.75) is 44.6 Å². The van der Waals surface area contributed by atoms with Crippen LogP contribution in [0.15, 0.2) is 47.5 Å². The van der Waals surface area contributed by atoms with Crippen molar-refractivity contribution in [2.24, 2.45) is 0 Å². The molecule has 0 saturated heterocycles. The average molecular weight is 412 g/mol. The average Bonchev–Trinajstić information content (AvgIpc) is 3.26. The summed E-state index contributed by atoms with van der Waals surface area (Å²) in [5.41, 5.74) is 5.04. The SMILES string of the molecule is CC(=O)N1CCc2cc(S(=O)(=O)N[C@H](C)Cc3c[nH]c4c(C)cccc34)ccc21. The normalized spacial score (nSPS) is 14.9. The summed E-state index contributed by atoms with van der Waals surface area (Å²) in [6.07, 6.45) is 3.21. The van der Waals surface area contributed by atoms with Gasteiger partial charge in [-0.2, -0.15) is 0 Å². The summed E-state index contributed by atoms with van der Waals surface area (Å²) in [7, 11) is -3.65. The van der Waals surface area contributed by atoms with Crippen LogP contribution in [0, 0.1) is 6.92 Å². The number of rotatable bonds is 5. The first-order valence-corrected chi connectivity index (χ1v) is 11.2. The number of para-hydroxylation sites is 1. The number of nitrogens with zero attached hydrogens (tertiary/aromatic N) is 1. The van der Waals surface area contributed by atoms with Gasteiger partial charge in [0.25, 0.3) is 0 Å². The number of H-pyrrole nitrogens is 1. The molecule has 1 atom stereocenters. The second-order valence-electron chi connectivity index (χ2n) is 7.75. The van der Waals surface area contributed by atoms with Crippen molar-refractivity contribution in [3.8, 4) is 0 Å². The highest BCUT2D eigenvalue weighted by molar-refractivity contribution is 7.89. The smallest absolute Gasteiger partial charge is 0.240 e. The van der Waals surface area contributed by atoms with Gasteiger partial charge in [0.15, 0.2) is 0 Å². The van der Waals surface area contributed by atoms with Gasteiger partial charge < -0.3 is 9.88 Å². The van der Waals surface area contributed by atoms with Crippen molar-refractivity contribution in [1.29, 1.82) is 0 Å². The summed E-state index contributed by atoms with van der Waals surface area (Å²) >= 11 is 0. The minimum absolute atomic E-state index is 0.0277. The fourth-order valence-corrected chi connectivity index (χ4v) is 5.40. The lowest BCUT2D eigenvalue weighted by molar-refractivity contribution is -0.116. The molecule has 3 aromatic rings.